The predicted octanol–water partition coefficient (Wildman–Crippen LogP) is 1.54. The first-order valence-electron chi connectivity index (χ1n) is 5.65. The van der Waals surface area contributed by atoms with Crippen LogP contribution >= 0.6 is 0 Å². The minimum absolute atomic E-state index is 0.0584. The van der Waals surface area contributed by atoms with Crippen molar-refractivity contribution < 1.29 is 24.2 Å². The van der Waals surface area contributed by atoms with E-state index in [-0.39, 0.29) is 19.1 Å². The summed E-state index contributed by atoms with van der Waals surface area (Å²) in [5.74, 6) is -0.609. The second kappa shape index (κ2) is 6.76. The van der Waals surface area contributed by atoms with Crippen molar-refractivity contribution in [3.63, 3.8) is 0 Å². The molecule has 0 radical (unpaired) electrons. The van der Waals surface area contributed by atoms with Gasteiger partial charge in [0.15, 0.2) is 0 Å². The molecular weight excluding hydrogens is 236 g/mol. The average molecular weight is 252 g/mol. The topological polar surface area (TPSA) is 72.8 Å². The van der Waals surface area contributed by atoms with Gasteiger partial charge in [-0.05, 0) is 38.1 Å². The summed E-state index contributed by atoms with van der Waals surface area (Å²) in [6, 6.07) is 6.05. The molecule has 0 aliphatic rings. The Hall–Kier alpha value is -1.88. The molecule has 0 atom stereocenters. The van der Waals surface area contributed by atoms with Crippen LogP contribution in [-0.4, -0.2) is 29.8 Å². The second-order valence-corrected chi connectivity index (χ2v) is 3.93. The first-order valence-corrected chi connectivity index (χ1v) is 5.65. The zero-order valence-electron chi connectivity index (χ0n) is 10.4. The van der Waals surface area contributed by atoms with Crippen molar-refractivity contribution in [2.75, 3.05) is 6.61 Å². The minimum Gasteiger partial charge on any atom is -0.459 e. The summed E-state index contributed by atoms with van der Waals surface area (Å²) in [4.78, 5) is 22.6. The van der Waals surface area contributed by atoms with Gasteiger partial charge in [-0.1, -0.05) is 0 Å². The molecule has 0 saturated heterocycles. The maximum Gasteiger partial charge on any atom is 0.338 e. The van der Waals surface area contributed by atoms with Gasteiger partial charge in [-0.2, -0.15) is 0 Å². The predicted molar refractivity (Wildman–Crippen MR) is 64.3 cm³/mol. The van der Waals surface area contributed by atoms with Gasteiger partial charge in [0.1, 0.15) is 5.75 Å². The van der Waals surface area contributed by atoms with Crippen LogP contribution in [0.15, 0.2) is 24.3 Å². The van der Waals surface area contributed by atoms with E-state index in [0.717, 1.165) is 0 Å². The molecule has 5 heteroatoms. The summed E-state index contributed by atoms with van der Waals surface area (Å²) >= 11 is 0. The Morgan fingerprint density at radius 2 is 1.83 bits per heavy atom. The van der Waals surface area contributed by atoms with Gasteiger partial charge >= 0.3 is 11.9 Å². The molecule has 98 valence electrons. The van der Waals surface area contributed by atoms with Gasteiger partial charge in [-0.15, -0.1) is 0 Å². The zero-order chi connectivity index (χ0) is 13.5. The molecule has 0 aliphatic carbocycles. The standard InChI is InChI=1S/C13H16O5/c1-9(2)17-13(16)10-3-5-11(6-4-10)18-12(15)7-8-14/h3-6,9,14H,7-8H2,1-2H3. The van der Waals surface area contributed by atoms with E-state index < -0.39 is 11.9 Å². The van der Waals surface area contributed by atoms with Crippen LogP contribution < -0.4 is 4.74 Å². The number of hydrogen-bond donors (Lipinski definition) is 1. The second-order valence-electron chi connectivity index (χ2n) is 3.93. The molecule has 5 nitrogen and oxygen atoms in total. The summed E-state index contributed by atoms with van der Waals surface area (Å²) in [5.41, 5.74) is 0.394. The number of benzene rings is 1. The van der Waals surface area contributed by atoms with Crippen molar-refractivity contribution in [2.45, 2.75) is 26.4 Å². The van der Waals surface area contributed by atoms with Crippen LogP contribution in [0.3, 0.4) is 0 Å². The van der Waals surface area contributed by atoms with Crippen molar-refractivity contribution in [2.24, 2.45) is 0 Å². The summed E-state index contributed by atoms with van der Waals surface area (Å²) in [7, 11) is 0. The van der Waals surface area contributed by atoms with Gasteiger partial charge < -0.3 is 14.6 Å². The molecular formula is C13H16O5. The van der Waals surface area contributed by atoms with Crippen LogP contribution in [0, 0.1) is 0 Å². The number of hydrogen-bond acceptors (Lipinski definition) is 5. The molecule has 18 heavy (non-hydrogen) atoms. The fourth-order valence-electron chi connectivity index (χ4n) is 1.21. The van der Waals surface area contributed by atoms with Crippen LogP contribution in [0.2, 0.25) is 0 Å². The fourth-order valence-corrected chi connectivity index (χ4v) is 1.21. The van der Waals surface area contributed by atoms with E-state index in [1.54, 1.807) is 13.8 Å². The lowest BCUT2D eigenvalue weighted by Crippen LogP contribution is -2.12. The van der Waals surface area contributed by atoms with Crippen molar-refractivity contribution in [3.05, 3.63) is 29.8 Å². The smallest absolute Gasteiger partial charge is 0.338 e. The molecule has 1 rings (SSSR count). The molecule has 0 saturated carbocycles. The molecule has 0 unspecified atom stereocenters. The first kappa shape index (κ1) is 14.2. The van der Waals surface area contributed by atoms with E-state index in [9.17, 15) is 9.59 Å². The monoisotopic (exact) mass is 252 g/mol. The molecule has 0 aliphatic heterocycles. The molecule has 0 aromatic heterocycles. The summed E-state index contributed by atoms with van der Waals surface area (Å²) < 4.78 is 9.94. The quantitative estimate of drug-likeness (QED) is 0.635. The number of carbonyl (C=O) groups excluding carboxylic acids is 2. The third-order valence-corrected chi connectivity index (χ3v) is 1.98. The van der Waals surface area contributed by atoms with Gasteiger partial charge in [-0.25, -0.2) is 4.79 Å². The highest BCUT2D eigenvalue weighted by molar-refractivity contribution is 5.89. The van der Waals surface area contributed by atoms with Crippen molar-refractivity contribution >= 4 is 11.9 Å². The highest BCUT2D eigenvalue weighted by Crippen LogP contribution is 2.14. The highest BCUT2D eigenvalue weighted by Gasteiger charge is 2.10. The molecule has 1 aromatic rings. The maximum absolute atomic E-state index is 11.5. The minimum atomic E-state index is -0.519. The Morgan fingerprint density at radius 3 is 2.33 bits per heavy atom. The largest absolute Gasteiger partial charge is 0.459 e. The molecule has 0 fully saturated rings. The van der Waals surface area contributed by atoms with Crippen LogP contribution in [0.1, 0.15) is 30.6 Å². The average Bonchev–Trinajstić information content (AvgIpc) is 2.29. The first-order chi connectivity index (χ1) is 8.52. The zero-order valence-corrected chi connectivity index (χ0v) is 10.4. The van der Waals surface area contributed by atoms with Crippen LogP contribution in [0.5, 0.6) is 5.75 Å². The van der Waals surface area contributed by atoms with Crippen molar-refractivity contribution in [1.29, 1.82) is 0 Å². The Morgan fingerprint density at radius 1 is 1.22 bits per heavy atom. The number of ether oxygens (including phenoxy) is 2. The number of carbonyl (C=O) groups is 2. The van der Waals surface area contributed by atoms with E-state index in [4.69, 9.17) is 14.6 Å². The van der Waals surface area contributed by atoms with E-state index in [0.29, 0.717) is 11.3 Å². The normalized spacial score (nSPS) is 10.2. The molecule has 0 amide bonds. The van der Waals surface area contributed by atoms with Gasteiger partial charge in [0, 0.05) is 0 Å². The number of esters is 2. The Balaban J connectivity index is 2.62. The Kier molecular flexibility index (Phi) is 5.32. The molecule has 0 heterocycles. The summed E-state index contributed by atoms with van der Waals surface area (Å²) in [6.45, 7) is 3.28. The third kappa shape index (κ3) is 4.55. The lowest BCUT2D eigenvalue weighted by Gasteiger charge is -2.08. The van der Waals surface area contributed by atoms with Crippen LogP contribution in [0.4, 0.5) is 0 Å². The van der Waals surface area contributed by atoms with Gasteiger partial charge in [0.05, 0.1) is 24.7 Å². The molecule has 0 bridgehead atoms. The van der Waals surface area contributed by atoms with Crippen molar-refractivity contribution in [1.82, 2.24) is 0 Å². The van der Waals surface area contributed by atoms with Crippen LogP contribution in [-0.2, 0) is 9.53 Å². The van der Waals surface area contributed by atoms with E-state index in [1.165, 1.54) is 24.3 Å². The Labute approximate surface area is 105 Å². The van der Waals surface area contributed by atoms with Gasteiger partial charge in [-0.3, -0.25) is 4.79 Å². The lowest BCUT2D eigenvalue weighted by molar-refractivity contribution is -0.135. The lowest BCUT2D eigenvalue weighted by atomic mass is 10.2. The molecule has 0 spiro atoms. The third-order valence-electron chi connectivity index (χ3n) is 1.98. The van der Waals surface area contributed by atoms with E-state index in [2.05, 4.69) is 0 Å². The number of rotatable bonds is 5. The summed E-state index contributed by atoms with van der Waals surface area (Å²) in [6.07, 6.45) is -0.239. The number of aliphatic hydroxyl groups excluding tert-OH is 1. The van der Waals surface area contributed by atoms with Gasteiger partial charge in [0.25, 0.3) is 0 Å². The SMILES string of the molecule is CC(C)OC(=O)c1ccc(OC(=O)CCO)cc1. The van der Waals surface area contributed by atoms with E-state index in [1.807, 2.05) is 0 Å². The molecule has 1 N–H and O–H groups in total. The fraction of sp³-hybridized carbons (Fsp3) is 0.385. The van der Waals surface area contributed by atoms with Gasteiger partial charge in [0.2, 0.25) is 0 Å². The number of aliphatic hydroxyl groups is 1. The van der Waals surface area contributed by atoms with Crippen molar-refractivity contribution in [3.8, 4) is 5.75 Å². The maximum atomic E-state index is 11.5. The Bertz CT molecular complexity index is 408. The van der Waals surface area contributed by atoms with E-state index >= 15 is 0 Å². The summed E-state index contributed by atoms with van der Waals surface area (Å²) in [5, 5.41) is 8.55. The molecule has 1 aromatic carbocycles. The highest BCUT2D eigenvalue weighted by atomic mass is 16.5. The van der Waals surface area contributed by atoms with Crippen LogP contribution in [0.25, 0.3) is 0 Å².